The monoisotopic (exact) mass is 307 g/mol. The van der Waals surface area contributed by atoms with Gasteiger partial charge in [0.1, 0.15) is 5.75 Å². The Balaban J connectivity index is 1.83. The van der Waals surface area contributed by atoms with Crippen LogP contribution in [0.3, 0.4) is 0 Å². The van der Waals surface area contributed by atoms with E-state index in [1.165, 1.54) is 31.2 Å². The van der Waals surface area contributed by atoms with Gasteiger partial charge in [-0.2, -0.15) is 5.26 Å². The summed E-state index contributed by atoms with van der Waals surface area (Å²) in [5.74, 6) is 0.936. The minimum atomic E-state index is 0.464. The fourth-order valence-corrected chi connectivity index (χ4v) is 2.55. The van der Waals surface area contributed by atoms with Crippen molar-refractivity contribution >= 4 is 0 Å². The van der Waals surface area contributed by atoms with Gasteiger partial charge in [-0.25, -0.2) is 0 Å². The quantitative estimate of drug-likeness (QED) is 0.551. The predicted octanol–water partition coefficient (Wildman–Crippen LogP) is 5.77. The Hall–Kier alpha value is -2.27. The van der Waals surface area contributed by atoms with Crippen molar-refractivity contribution in [1.82, 2.24) is 0 Å². The van der Waals surface area contributed by atoms with Crippen molar-refractivity contribution in [3.8, 4) is 22.9 Å². The van der Waals surface area contributed by atoms with Crippen molar-refractivity contribution in [3.05, 3.63) is 54.1 Å². The third kappa shape index (κ3) is 5.79. The Morgan fingerprint density at radius 1 is 0.826 bits per heavy atom. The van der Waals surface area contributed by atoms with E-state index in [-0.39, 0.29) is 0 Å². The van der Waals surface area contributed by atoms with Gasteiger partial charge >= 0.3 is 0 Å². The van der Waals surface area contributed by atoms with Gasteiger partial charge in [0.25, 0.3) is 0 Å². The second-order valence-electron chi connectivity index (χ2n) is 5.82. The molecular formula is C21H25NO. The summed E-state index contributed by atoms with van der Waals surface area (Å²) in [7, 11) is 0. The number of ether oxygens (including phenoxy) is 1. The van der Waals surface area contributed by atoms with Crippen molar-refractivity contribution in [3.63, 3.8) is 0 Å². The van der Waals surface area contributed by atoms with Crippen molar-refractivity contribution < 1.29 is 4.74 Å². The van der Waals surface area contributed by atoms with Crippen molar-refractivity contribution in [2.45, 2.75) is 45.4 Å². The Morgan fingerprint density at radius 2 is 1.43 bits per heavy atom. The lowest BCUT2D eigenvalue weighted by molar-refractivity contribution is 0.304. The van der Waals surface area contributed by atoms with Crippen LogP contribution in [-0.4, -0.2) is 6.61 Å². The number of benzene rings is 2. The van der Waals surface area contributed by atoms with E-state index in [4.69, 9.17) is 10.00 Å². The maximum absolute atomic E-state index is 8.70. The molecule has 0 aliphatic rings. The highest BCUT2D eigenvalue weighted by Gasteiger charge is 2.00. The zero-order valence-corrected chi connectivity index (χ0v) is 13.9. The van der Waals surface area contributed by atoms with Gasteiger partial charge in [0.15, 0.2) is 0 Å². The Morgan fingerprint density at radius 3 is 2.04 bits per heavy atom. The van der Waals surface area contributed by atoms with Crippen LogP contribution in [0.2, 0.25) is 0 Å². The van der Waals surface area contributed by atoms with Crippen LogP contribution in [0, 0.1) is 11.3 Å². The third-order valence-electron chi connectivity index (χ3n) is 3.94. The smallest absolute Gasteiger partial charge is 0.119 e. The molecule has 0 atom stereocenters. The van der Waals surface area contributed by atoms with Gasteiger partial charge in [-0.15, -0.1) is 0 Å². The molecule has 0 radical (unpaired) electrons. The molecule has 2 aromatic carbocycles. The molecule has 23 heavy (non-hydrogen) atoms. The highest BCUT2D eigenvalue weighted by atomic mass is 16.5. The van der Waals surface area contributed by atoms with Crippen LogP contribution in [0.25, 0.3) is 11.1 Å². The molecule has 0 saturated heterocycles. The molecule has 0 aliphatic heterocycles. The number of hydrogen-bond acceptors (Lipinski definition) is 2. The number of nitrogens with zero attached hydrogens (tertiary/aromatic N) is 1. The van der Waals surface area contributed by atoms with Gasteiger partial charge in [-0.1, -0.05) is 69.0 Å². The van der Waals surface area contributed by atoms with E-state index in [0.29, 0.717) is 6.42 Å². The maximum Gasteiger partial charge on any atom is 0.119 e. The summed E-state index contributed by atoms with van der Waals surface area (Å²) < 4.78 is 5.79. The van der Waals surface area contributed by atoms with E-state index >= 15 is 0 Å². The molecule has 0 N–H and O–H groups in total. The van der Waals surface area contributed by atoms with Gasteiger partial charge in [0, 0.05) is 0 Å². The van der Waals surface area contributed by atoms with E-state index in [1.807, 2.05) is 24.3 Å². The van der Waals surface area contributed by atoms with Crippen LogP contribution in [0.15, 0.2) is 48.5 Å². The average molecular weight is 307 g/mol. The molecule has 0 aliphatic carbocycles. The van der Waals surface area contributed by atoms with Crippen LogP contribution < -0.4 is 4.74 Å². The third-order valence-corrected chi connectivity index (χ3v) is 3.94. The lowest BCUT2D eigenvalue weighted by Gasteiger charge is -2.08. The highest BCUT2D eigenvalue weighted by molar-refractivity contribution is 5.64. The molecule has 0 aromatic heterocycles. The zero-order valence-electron chi connectivity index (χ0n) is 13.9. The predicted molar refractivity (Wildman–Crippen MR) is 95.4 cm³/mol. The molecule has 0 fully saturated rings. The standard InChI is InChI=1S/C21H25NO/c1-2-3-4-5-6-17-23-21-13-11-20(12-14-21)19-9-7-18(8-10-19)15-16-22/h7-14H,2-6,15,17H2,1H3. The second-order valence-corrected chi connectivity index (χ2v) is 5.82. The molecule has 0 spiro atoms. The minimum absolute atomic E-state index is 0.464. The number of unbranched alkanes of at least 4 members (excludes halogenated alkanes) is 4. The van der Waals surface area contributed by atoms with Crippen LogP contribution in [0.5, 0.6) is 5.75 Å². The van der Waals surface area contributed by atoms with Gasteiger partial charge in [-0.3, -0.25) is 0 Å². The lowest BCUT2D eigenvalue weighted by Crippen LogP contribution is -1.97. The largest absolute Gasteiger partial charge is 0.494 e. The summed E-state index contributed by atoms with van der Waals surface area (Å²) >= 11 is 0. The molecule has 0 bridgehead atoms. The van der Waals surface area contributed by atoms with E-state index in [9.17, 15) is 0 Å². The lowest BCUT2D eigenvalue weighted by atomic mass is 10.0. The van der Waals surface area contributed by atoms with Crippen LogP contribution in [0.1, 0.15) is 44.6 Å². The highest BCUT2D eigenvalue weighted by Crippen LogP contribution is 2.23. The summed E-state index contributed by atoms with van der Waals surface area (Å²) in [6.07, 6.45) is 6.75. The average Bonchev–Trinajstić information content (AvgIpc) is 2.60. The Bertz CT molecular complexity index is 608. The second kappa shape index (κ2) is 9.69. The van der Waals surface area contributed by atoms with Crippen molar-refractivity contribution in [2.24, 2.45) is 0 Å². The van der Waals surface area contributed by atoms with Crippen LogP contribution >= 0.6 is 0 Å². The van der Waals surface area contributed by atoms with Gasteiger partial charge < -0.3 is 4.74 Å². The normalized spacial score (nSPS) is 10.3. The fourth-order valence-electron chi connectivity index (χ4n) is 2.55. The molecule has 2 rings (SSSR count). The first-order valence-electron chi connectivity index (χ1n) is 8.52. The van der Waals surface area contributed by atoms with E-state index in [1.54, 1.807) is 0 Å². The first kappa shape index (κ1) is 17.1. The summed E-state index contributed by atoms with van der Waals surface area (Å²) in [4.78, 5) is 0. The van der Waals surface area contributed by atoms with Gasteiger partial charge in [-0.05, 0) is 35.2 Å². The minimum Gasteiger partial charge on any atom is -0.494 e. The van der Waals surface area contributed by atoms with Gasteiger partial charge in [0.05, 0.1) is 19.1 Å². The molecule has 0 amide bonds. The van der Waals surface area contributed by atoms with E-state index < -0.39 is 0 Å². The topological polar surface area (TPSA) is 33.0 Å². The van der Waals surface area contributed by atoms with E-state index in [2.05, 4.69) is 37.3 Å². The Labute approximate surface area is 139 Å². The van der Waals surface area contributed by atoms with Gasteiger partial charge in [0.2, 0.25) is 0 Å². The van der Waals surface area contributed by atoms with Crippen molar-refractivity contribution in [1.29, 1.82) is 5.26 Å². The van der Waals surface area contributed by atoms with Crippen LogP contribution in [-0.2, 0) is 6.42 Å². The van der Waals surface area contributed by atoms with Crippen LogP contribution in [0.4, 0.5) is 0 Å². The summed E-state index contributed by atoms with van der Waals surface area (Å²) in [5, 5.41) is 8.70. The SMILES string of the molecule is CCCCCCCOc1ccc(-c2ccc(CC#N)cc2)cc1. The van der Waals surface area contributed by atoms with Crippen molar-refractivity contribution in [2.75, 3.05) is 6.61 Å². The van der Waals surface area contributed by atoms with E-state index in [0.717, 1.165) is 29.9 Å². The molecule has 0 unspecified atom stereocenters. The first-order valence-corrected chi connectivity index (χ1v) is 8.52. The number of hydrogen-bond donors (Lipinski definition) is 0. The Kier molecular flexibility index (Phi) is 7.20. The molecule has 0 heterocycles. The maximum atomic E-state index is 8.70. The summed E-state index contributed by atoms with van der Waals surface area (Å²) in [6.45, 7) is 3.03. The molecular weight excluding hydrogens is 282 g/mol. The zero-order chi connectivity index (χ0) is 16.3. The molecule has 2 aromatic rings. The summed E-state index contributed by atoms with van der Waals surface area (Å²) in [6, 6.07) is 18.6. The molecule has 2 heteroatoms. The fraction of sp³-hybridized carbons (Fsp3) is 0.381. The first-order chi connectivity index (χ1) is 11.3. The molecule has 2 nitrogen and oxygen atoms in total. The number of nitriles is 1. The summed E-state index contributed by atoms with van der Waals surface area (Å²) in [5.41, 5.74) is 3.39. The molecule has 0 saturated carbocycles. The number of rotatable bonds is 9. The molecule has 120 valence electrons.